The number of anilines is 1. The number of nitro benzene ring substituents is 1. The van der Waals surface area contributed by atoms with E-state index in [1.54, 1.807) is 12.1 Å². The standard InChI is InChI=1S/C14H17ClN2O4/c15-11-2-3-12(13(9-11)17(20)21)16-7-5-10(6-8-16)1-4-14(18)19/h2-3,9-10H,1,4-8H2,(H,18,19). The molecule has 1 N–H and O–H groups in total. The van der Waals surface area contributed by atoms with Gasteiger partial charge in [0.25, 0.3) is 5.69 Å². The summed E-state index contributed by atoms with van der Waals surface area (Å²) >= 11 is 5.82. The van der Waals surface area contributed by atoms with Crippen LogP contribution in [0.5, 0.6) is 0 Å². The van der Waals surface area contributed by atoms with E-state index in [0.717, 1.165) is 12.8 Å². The zero-order valence-electron chi connectivity index (χ0n) is 11.5. The molecule has 0 saturated carbocycles. The quantitative estimate of drug-likeness (QED) is 0.666. The third-order valence-corrected chi connectivity index (χ3v) is 4.09. The second-order valence-electron chi connectivity index (χ2n) is 5.25. The third-order valence-electron chi connectivity index (χ3n) is 3.86. The molecule has 6 nitrogen and oxygen atoms in total. The number of carbonyl (C=O) groups is 1. The Morgan fingerprint density at radius 2 is 2.10 bits per heavy atom. The van der Waals surface area contributed by atoms with Crippen LogP contribution in [-0.2, 0) is 4.79 Å². The lowest BCUT2D eigenvalue weighted by atomic mass is 9.92. The van der Waals surface area contributed by atoms with Crippen molar-refractivity contribution < 1.29 is 14.8 Å². The zero-order valence-corrected chi connectivity index (χ0v) is 12.3. The largest absolute Gasteiger partial charge is 0.481 e. The smallest absolute Gasteiger partial charge is 0.303 e. The van der Waals surface area contributed by atoms with Gasteiger partial charge in [-0.1, -0.05) is 11.6 Å². The minimum absolute atomic E-state index is 0.0199. The van der Waals surface area contributed by atoms with E-state index in [1.807, 2.05) is 4.90 Å². The molecular formula is C14H17ClN2O4. The van der Waals surface area contributed by atoms with Crippen LogP contribution >= 0.6 is 11.6 Å². The maximum atomic E-state index is 11.1. The summed E-state index contributed by atoms with van der Waals surface area (Å²) in [6.45, 7) is 1.40. The van der Waals surface area contributed by atoms with Crippen LogP contribution in [0, 0.1) is 16.0 Å². The number of hydrogen-bond donors (Lipinski definition) is 1. The Hall–Kier alpha value is -1.82. The van der Waals surface area contributed by atoms with Crippen molar-refractivity contribution >= 4 is 28.9 Å². The Labute approximate surface area is 127 Å². The Bertz CT molecular complexity index is 542. The van der Waals surface area contributed by atoms with E-state index in [0.29, 0.717) is 36.1 Å². The molecule has 2 rings (SSSR count). The second-order valence-corrected chi connectivity index (χ2v) is 5.69. The highest BCUT2D eigenvalue weighted by atomic mass is 35.5. The van der Waals surface area contributed by atoms with Crippen molar-refractivity contribution in [3.8, 4) is 0 Å². The summed E-state index contributed by atoms with van der Waals surface area (Å²) in [5.41, 5.74) is 0.604. The maximum absolute atomic E-state index is 11.1. The molecule has 0 bridgehead atoms. The average Bonchev–Trinajstić information content (AvgIpc) is 2.45. The predicted molar refractivity (Wildman–Crippen MR) is 79.9 cm³/mol. The minimum atomic E-state index is -0.772. The van der Waals surface area contributed by atoms with E-state index < -0.39 is 10.9 Å². The number of rotatable bonds is 5. The summed E-state index contributed by atoms with van der Waals surface area (Å²) in [6.07, 6.45) is 2.57. The number of carboxylic acid groups (broad SMARTS) is 1. The summed E-state index contributed by atoms with van der Waals surface area (Å²) in [5, 5.41) is 20.2. The Morgan fingerprint density at radius 3 is 2.67 bits per heavy atom. The zero-order chi connectivity index (χ0) is 15.4. The van der Waals surface area contributed by atoms with Gasteiger partial charge in [0.15, 0.2) is 0 Å². The Balaban J connectivity index is 2.02. The van der Waals surface area contributed by atoms with E-state index in [-0.39, 0.29) is 12.1 Å². The van der Waals surface area contributed by atoms with Gasteiger partial charge in [0, 0.05) is 30.6 Å². The molecule has 0 aromatic heterocycles. The summed E-state index contributed by atoms with van der Waals surface area (Å²) in [7, 11) is 0. The number of hydrogen-bond acceptors (Lipinski definition) is 4. The van der Waals surface area contributed by atoms with Crippen LogP contribution in [0.3, 0.4) is 0 Å². The fourth-order valence-corrected chi connectivity index (χ4v) is 2.87. The van der Waals surface area contributed by atoms with Crippen molar-refractivity contribution in [3.63, 3.8) is 0 Å². The number of carboxylic acids is 1. The summed E-state index contributed by atoms with van der Waals surface area (Å²) in [4.78, 5) is 23.3. The lowest BCUT2D eigenvalue weighted by Gasteiger charge is -2.33. The highest BCUT2D eigenvalue weighted by molar-refractivity contribution is 6.30. The van der Waals surface area contributed by atoms with Gasteiger partial charge in [0.2, 0.25) is 0 Å². The van der Waals surface area contributed by atoms with Crippen molar-refractivity contribution in [1.82, 2.24) is 0 Å². The highest BCUT2D eigenvalue weighted by Crippen LogP contribution is 2.34. The van der Waals surface area contributed by atoms with E-state index in [4.69, 9.17) is 16.7 Å². The average molecular weight is 313 g/mol. The molecule has 1 fully saturated rings. The maximum Gasteiger partial charge on any atom is 0.303 e. The van der Waals surface area contributed by atoms with Crippen molar-refractivity contribution in [2.24, 2.45) is 5.92 Å². The van der Waals surface area contributed by atoms with E-state index in [9.17, 15) is 14.9 Å². The van der Waals surface area contributed by atoms with Crippen molar-refractivity contribution in [2.45, 2.75) is 25.7 Å². The van der Waals surface area contributed by atoms with Gasteiger partial charge in [-0.2, -0.15) is 0 Å². The van der Waals surface area contributed by atoms with Gasteiger partial charge >= 0.3 is 5.97 Å². The fraction of sp³-hybridized carbons (Fsp3) is 0.500. The molecule has 0 aliphatic carbocycles. The van der Waals surface area contributed by atoms with Crippen LogP contribution in [0.4, 0.5) is 11.4 Å². The number of aliphatic carboxylic acids is 1. The molecular weight excluding hydrogens is 296 g/mol. The molecule has 0 amide bonds. The lowest BCUT2D eigenvalue weighted by molar-refractivity contribution is -0.384. The first kappa shape index (κ1) is 15.6. The lowest BCUT2D eigenvalue weighted by Crippen LogP contribution is -2.34. The first-order valence-corrected chi connectivity index (χ1v) is 7.26. The Morgan fingerprint density at radius 1 is 1.43 bits per heavy atom. The molecule has 114 valence electrons. The van der Waals surface area contributed by atoms with Crippen LogP contribution < -0.4 is 4.90 Å². The van der Waals surface area contributed by atoms with Gasteiger partial charge < -0.3 is 10.0 Å². The van der Waals surface area contributed by atoms with Crippen LogP contribution in [0.25, 0.3) is 0 Å². The second kappa shape index (κ2) is 6.76. The molecule has 1 aliphatic rings. The normalized spacial score (nSPS) is 16.0. The first-order chi connectivity index (χ1) is 9.97. The van der Waals surface area contributed by atoms with Crippen molar-refractivity contribution in [1.29, 1.82) is 0 Å². The van der Waals surface area contributed by atoms with Crippen LogP contribution in [0.15, 0.2) is 18.2 Å². The summed E-state index contributed by atoms with van der Waals surface area (Å²) < 4.78 is 0. The van der Waals surface area contributed by atoms with Crippen LogP contribution in [0.1, 0.15) is 25.7 Å². The molecule has 0 spiro atoms. The molecule has 0 radical (unpaired) electrons. The highest BCUT2D eigenvalue weighted by Gasteiger charge is 2.25. The number of halogens is 1. The van der Waals surface area contributed by atoms with Crippen molar-refractivity contribution in [2.75, 3.05) is 18.0 Å². The number of nitro groups is 1. The molecule has 7 heteroatoms. The molecule has 0 atom stereocenters. The summed E-state index contributed by atoms with van der Waals surface area (Å²) in [6, 6.07) is 4.70. The first-order valence-electron chi connectivity index (χ1n) is 6.88. The van der Waals surface area contributed by atoms with Gasteiger partial charge in [0.1, 0.15) is 5.69 Å². The summed E-state index contributed by atoms with van der Waals surface area (Å²) in [5.74, 6) is -0.394. The molecule has 1 heterocycles. The van der Waals surface area contributed by atoms with Gasteiger partial charge in [-0.3, -0.25) is 14.9 Å². The third kappa shape index (κ3) is 4.07. The van der Waals surface area contributed by atoms with E-state index in [1.165, 1.54) is 6.07 Å². The molecule has 1 saturated heterocycles. The minimum Gasteiger partial charge on any atom is -0.481 e. The van der Waals surface area contributed by atoms with Gasteiger partial charge in [-0.15, -0.1) is 0 Å². The van der Waals surface area contributed by atoms with Gasteiger partial charge in [-0.25, -0.2) is 0 Å². The molecule has 1 aromatic rings. The number of benzene rings is 1. The van der Waals surface area contributed by atoms with Crippen LogP contribution in [0.2, 0.25) is 5.02 Å². The Kier molecular flexibility index (Phi) is 5.01. The van der Waals surface area contributed by atoms with Gasteiger partial charge in [-0.05, 0) is 37.3 Å². The molecule has 21 heavy (non-hydrogen) atoms. The molecule has 0 unspecified atom stereocenters. The van der Waals surface area contributed by atoms with Gasteiger partial charge in [0.05, 0.1) is 4.92 Å². The molecule has 1 aromatic carbocycles. The van der Waals surface area contributed by atoms with Crippen LogP contribution in [-0.4, -0.2) is 29.1 Å². The SMILES string of the molecule is O=C(O)CCC1CCN(c2ccc(Cl)cc2[N+](=O)[O-])CC1. The van der Waals surface area contributed by atoms with E-state index >= 15 is 0 Å². The predicted octanol–water partition coefficient (Wildman–Crippen LogP) is 3.33. The fourth-order valence-electron chi connectivity index (χ4n) is 2.70. The number of nitrogens with zero attached hydrogens (tertiary/aromatic N) is 2. The monoisotopic (exact) mass is 312 g/mol. The number of piperidine rings is 1. The molecule has 1 aliphatic heterocycles. The topological polar surface area (TPSA) is 83.7 Å². The van der Waals surface area contributed by atoms with Crippen molar-refractivity contribution in [3.05, 3.63) is 33.3 Å². The van der Waals surface area contributed by atoms with E-state index in [2.05, 4.69) is 0 Å².